The van der Waals surface area contributed by atoms with E-state index in [1.807, 2.05) is 47.2 Å². The van der Waals surface area contributed by atoms with E-state index in [-0.39, 0.29) is 0 Å². The number of para-hydroxylation sites is 1. The number of carbonyl (C=O) groups is 1. The Bertz CT molecular complexity index is 983. The van der Waals surface area contributed by atoms with Gasteiger partial charge in [-0.3, -0.25) is 4.79 Å². The summed E-state index contributed by atoms with van der Waals surface area (Å²) in [6.07, 6.45) is 5.36. The lowest BCUT2D eigenvalue weighted by Gasteiger charge is -2.03. The third-order valence-corrected chi connectivity index (χ3v) is 3.76. The average Bonchev–Trinajstić information content (AvgIpc) is 3.24. The third kappa shape index (κ3) is 2.28. The van der Waals surface area contributed by atoms with Crippen LogP contribution in [0.25, 0.3) is 28.0 Å². The maximum atomic E-state index is 11.5. The molecule has 0 fully saturated rings. The van der Waals surface area contributed by atoms with E-state index in [0.29, 0.717) is 16.9 Å². The summed E-state index contributed by atoms with van der Waals surface area (Å²) in [7, 11) is 0. The molecule has 2 heterocycles. The van der Waals surface area contributed by atoms with Crippen molar-refractivity contribution < 1.29 is 9.21 Å². The van der Waals surface area contributed by atoms with E-state index < -0.39 is 5.91 Å². The van der Waals surface area contributed by atoms with Crippen molar-refractivity contribution in [3.63, 3.8) is 0 Å². The van der Waals surface area contributed by atoms with Gasteiger partial charge in [-0.15, -0.1) is 0 Å². The number of aromatic nitrogens is 2. The highest BCUT2D eigenvalue weighted by atomic mass is 16.3. The monoisotopic (exact) mass is 303 g/mol. The number of benzene rings is 2. The molecular weight excluding hydrogens is 290 g/mol. The van der Waals surface area contributed by atoms with Gasteiger partial charge in [-0.05, 0) is 36.4 Å². The van der Waals surface area contributed by atoms with Crippen molar-refractivity contribution in [2.45, 2.75) is 0 Å². The fourth-order valence-electron chi connectivity index (χ4n) is 2.61. The molecule has 23 heavy (non-hydrogen) atoms. The Morgan fingerprint density at radius 2 is 1.96 bits per heavy atom. The zero-order valence-electron chi connectivity index (χ0n) is 12.1. The van der Waals surface area contributed by atoms with E-state index in [9.17, 15) is 4.79 Å². The second-order valence-corrected chi connectivity index (χ2v) is 5.22. The molecule has 0 aliphatic carbocycles. The van der Waals surface area contributed by atoms with Crippen LogP contribution in [0.15, 0.2) is 71.7 Å². The number of imidazole rings is 1. The summed E-state index contributed by atoms with van der Waals surface area (Å²) < 4.78 is 7.78. The third-order valence-electron chi connectivity index (χ3n) is 3.76. The molecule has 0 unspecified atom stereocenters. The summed E-state index contributed by atoms with van der Waals surface area (Å²) in [6.45, 7) is 0. The van der Waals surface area contributed by atoms with E-state index in [1.54, 1.807) is 24.7 Å². The second kappa shape index (κ2) is 5.14. The number of nitrogens with two attached hydrogens (primary N) is 1. The normalized spacial score (nSPS) is 11.0. The summed E-state index contributed by atoms with van der Waals surface area (Å²) in [5, 5.41) is 0.856. The summed E-state index contributed by atoms with van der Waals surface area (Å²) in [6, 6.07) is 15.2. The van der Waals surface area contributed by atoms with Crippen molar-refractivity contribution in [1.82, 2.24) is 9.55 Å². The molecule has 0 saturated heterocycles. The quantitative estimate of drug-likeness (QED) is 0.630. The van der Waals surface area contributed by atoms with Gasteiger partial charge in [0.05, 0.1) is 11.9 Å². The number of nitrogens with zero attached hydrogens (tertiary/aromatic N) is 2. The molecule has 5 heteroatoms. The zero-order valence-corrected chi connectivity index (χ0v) is 12.1. The highest BCUT2D eigenvalue weighted by Crippen LogP contribution is 2.30. The molecule has 0 saturated carbocycles. The lowest BCUT2D eigenvalue weighted by molar-refractivity contribution is 0.100. The minimum absolute atomic E-state index is 0.392. The van der Waals surface area contributed by atoms with Crippen LogP contribution >= 0.6 is 0 Å². The molecule has 0 aliphatic rings. The lowest BCUT2D eigenvalue weighted by atomic mass is 10.1. The Morgan fingerprint density at radius 3 is 2.65 bits per heavy atom. The van der Waals surface area contributed by atoms with Crippen LogP contribution in [0.5, 0.6) is 0 Å². The van der Waals surface area contributed by atoms with Gasteiger partial charge in [-0.1, -0.05) is 12.1 Å². The largest absolute Gasteiger partial charge is 0.455 e. The SMILES string of the molecule is NC(=O)c1cccc2cc(-c3ccc(-n4ccnc4)cc3)oc12. The van der Waals surface area contributed by atoms with Crippen LogP contribution in [0.4, 0.5) is 0 Å². The fraction of sp³-hybridized carbons (Fsp3) is 0. The first-order valence-corrected chi connectivity index (χ1v) is 7.13. The maximum absolute atomic E-state index is 11.5. The Morgan fingerprint density at radius 1 is 1.13 bits per heavy atom. The van der Waals surface area contributed by atoms with Crippen molar-refractivity contribution in [3.05, 3.63) is 72.8 Å². The highest BCUT2D eigenvalue weighted by molar-refractivity contribution is 6.04. The molecule has 4 rings (SSSR count). The van der Waals surface area contributed by atoms with Crippen LogP contribution in [0, 0.1) is 0 Å². The van der Waals surface area contributed by atoms with Crippen molar-refractivity contribution in [2.75, 3.05) is 0 Å². The van der Waals surface area contributed by atoms with Crippen LogP contribution in [0.3, 0.4) is 0 Å². The Labute approximate surface area is 132 Å². The zero-order chi connectivity index (χ0) is 15.8. The van der Waals surface area contributed by atoms with Crippen molar-refractivity contribution in [3.8, 4) is 17.0 Å². The standard InChI is InChI=1S/C18H13N3O2/c19-18(22)15-3-1-2-13-10-16(23-17(13)15)12-4-6-14(7-5-12)21-9-8-20-11-21/h1-11H,(H2,19,22). The minimum Gasteiger partial charge on any atom is -0.455 e. The molecule has 0 bridgehead atoms. The van der Waals surface area contributed by atoms with E-state index in [4.69, 9.17) is 10.2 Å². The number of hydrogen-bond acceptors (Lipinski definition) is 3. The van der Waals surface area contributed by atoms with Gasteiger partial charge >= 0.3 is 0 Å². The van der Waals surface area contributed by atoms with E-state index >= 15 is 0 Å². The fourth-order valence-corrected chi connectivity index (χ4v) is 2.61. The molecule has 2 aromatic heterocycles. The van der Waals surface area contributed by atoms with Gasteiger partial charge in [0.1, 0.15) is 11.3 Å². The van der Waals surface area contributed by atoms with Crippen molar-refractivity contribution in [2.24, 2.45) is 5.73 Å². The van der Waals surface area contributed by atoms with Gasteiger partial charge < -0.3 is 14.7 Å². The first-order valence-electron chi connectivity index (χ1n) is 7.13. The number of fused-ring (bicyclic) bond motifs is 1. The second-order valence-electron chi connectivity index (χ2n) is 5.22. The van der Waals surface area contributed by atoms with Crippen molar-refractivity contribution >= 4 is 16.9 Å². The predicted molar refractivity (Wildman–Crippen MR) is 87.3 cm³/mol. The molecule has 5 nitrogen and oxygen atoms in total. The van der Waals surface area contributed by atoms with Gasteiger partial charge in [0, 0.05) is 29.0 Å². The topological polar surface area (TPSA) is 74.1 Å². The molecule has 2 N–H and O–H groups in total. The van der Waals surface area contributed by atoms with Gasteiger partial charge in [0.2, 0.25) is 0 Å². The summed E-state index contributed by atoms with van der Waals surface area (Å²) in [5.41, 5.74) is 8.25. The molecule has 112 valence electrons. The van der Waals surface area contributed by atoms with Gasteiger partial charge in [0.15, 0.2) is 0 Å². The number of amides is 1. The number of hydrogen-bond donors (Lipinski definition) is 1. The molecule has 0 radical (unpaired) electrons. The minimum atomic E-state index is -0.494. The Balaban J connectivity index is 1.77. The summed E-state index contributed by atoms with van der Waals surface area (Å²) in [5.74, 6) is 0.206. The Hall–Kier alpha value is -3.34. The lowest BCUT2D eigenvalue weighted by Crippen LogP contribution is -2.10. The Kier molecular flexibility index (Phi) is 2.98. The first-order chi connectivity index (χ1) is 11.2. The summed E-state index contributed by atoms with van der Waals surface area (Å²) >= 11 is 0. The highest BCUT2D eigenvalue weighted by Gasteiger charge is 2.12. The molecule has 0 atom stereocenters. The molecule has 0 aliphatic heterocycles. The average molecular weight is 303 g/mol. The molecule has 1 amide bonds. The van der Waals surface area contributed by atoms with Crippen LogP contribution in [0.2, 0.25) is 0 Å². The van der Waals surface area contributed by atoms with Crippen molar-refractivity contribution in [1.29, 1.82) is 0 Å². The smallest absolute Gasteiger partial charge is 0.252 e. The van der Waals surface area contributed by atoms with Crippen LogP contribution < -0.4 is 5.73 Å². The van der Waals surface area contributed by atoms with Gasteiger partial charge in [-0.25, -0.2) is 4.98 Å². The predicted octanol–water partition coefficient (Wildman–Crippen LogP) is 3.38. The first kappa shape index (κ1) is 13.3. The van der Waals surface area contributed by atoms with Gasteiger partial charge in [-0.2, -0.15) is 0 Å². The molecule has 2 aromatic carbocycles. The van der Waals surface area contributed by atoms with Crippen LogP contribution in [0.1, 0.15) is 10.4 Å². The summed E-state index contributed by atoms with van der Waals surface area (Å²) in [4.78, 5) is 15.5. The molecular formula is C18H13N3O2. The number of furan rings is 1. The number of rotatable bonds is 3. The van der Waals surface area contributed by atoms with E-state index in [0.717, 1.165) is 16.6 Å². The molecule has 4 aromatic rings. The number of primary amides is 1. The van der Waals surface area contributed by atoms with Gasteiger partial charge in [0.25, 0.3) is 5.91 Å². The molecule has 0 spiro atoms. The maximum Gasteiger partial charge on any atom is 0.252 e. The van der Waals surface area contributed by atoms with Crippen LogP contribution in [-0.2, 0) is 0 Å². The van der Waals surface area contributed by atoms with Crippen LogP contribution in [-0.4, -0.2) is 15.5 Å². The number of carbonyl (C=O) groups excluding carboxylic acids is 1. The van der Waals surface area contributed by atoms with E-state index in [1.165, 1.54) is 0 Å². The van der Waals surface area contributed by atoms with E-state index in [2.05, 4.69) is 4.98 Å².